The molecule has 5 rings (SSSR count). The van der Waals surface area contributed by atoms with Gasteiger partial charge in [-0.3, -0.25) is 4.79 Å². The van der Waals surface area contributed by atoms with E-state index in [0.29, 0.717) is 24.2 Å². The van der Waals surface area contributed by atoms with Gasteiger partial charge in [-0.25, -0.2) is 14.6 Å². The second kappa shape index (κ2) is 7.15. The van der Waals surface area contributed by atoms with Crippen LogP contribution in [0.3, 0.4) is 0 Å². The number of allylic oxidation sites excluding steroid dienone is 2. The number of hydrogen-bond donors (Lipinski definition) is 2. The molecule has 0 radical (unpaired) electrons. The molecule has 0 unspecified atom stereocenters. The van der Waals surface area contributed by atoms with E-state index in [9.17, 15) is 4.79 Å². The lowest BCUT2D eigenvalue weighted by molar-refractivity contribution is 0.644. The van der Waals surface area contributed by atoms with E-state index in [4.69, 9.17) is 11.1 Å². The highest BCUT2D eigenvalue weighted by Gasteiger charge is 2.18. The second-order valence-electron chi connectivity index (χ2n) is 6.93. The lowest BCUT2D eigenvalue weighted by Gasteiger charge is -2.06. The third-order valence-corrected chi connectivity index (χ3v) is 6.84. The van der Waals surface area contributed by atoms with E-state index in [1.807, 2.05) is 35.3 Å². The Morgan fingerprint density at radius 2 is 2.23 bits per heavy atom. The average Bonchev–Trinajstić information content (AvgIpc) is 3.40. The quantitative estimate of drug-likeness (QED) is 0.412. The zero-order valence-electron chi connectivity index (χ0n) is 16.0. The number of thiazole rings is 2. The number of nitrogens with one attached hydrogen (secondary N) is 1. The first kappa shape index (κ1) is 18.6. The van der Waals surface area contributed by atoms with Crippen molar-refractivity contribution in [1.29, 1.82) is 5.41 Å². The number of hydrogen-bond acceptors (Lipinski definition) is 8. The fraction of sp³-hybridized carbons (Fsp3) is 0.150. The summed E-state index contributed by atoms with van der Waals surface area (Å²) in [6.07, 6.45) is 4.92. The molecular formula is C20H17N7OS2. The highest BCUT2D eigenvalue weighted by Crippen LogP contribution is 2.31. The van der Waals surface area contributed by atoms with Crippen LogP contribution in [0.25, 0.3) is 31.5 Å². The Balaban J connectivity index is 1.56. The summed E-state index contributed by atoms with van der Waals surface area (Å²) in [7, 11) is 1.85. The fourth-order valence-corrected chi connectivity index (χ4v) is 5.33. The summed E-state index contributed by atoms with van der Waals surface area (Å²) < 4.78 is 5.34. The average molecular weight is 436 g/mol. The van der Waals surface area contributed by atoms with Crippen LogP contribution in [-0.4, -0.2) is 30.5 Å². The molecule has 0 fully saturated rings. The van der Waals surface area contributed by atoms with Crippen LogP contribution in [0.2, 0.25) is 0 Å². The van der Waals surface area contributed by atoms with E-state index in [1.54, 1.807) is 23.6 Å². The summed E-state index contributed by atoms with van der Waals surface area (Å²) in [5.41, 5.74) is 11.4. The monoisotopic (exact) mass is 435 g/mol. The normalized spacial score (nSPS) is 12.4. The molecule has 0 saturated carbocycles. The van der Waals surface area contributed by atoms with Crippen molar-refractivity contribution >= 4 is 60.4 Å². The van der Waals surface area contributed by atoms with Gasteiger partial charge in [0, 0.05) is 30.8 Å². The van der Waals surface area contributed by atoms with Crippen LogP contribution in [0.5, 0.6) is 0 Å². The Hall–Kier alpha value is -3.37. The topological polar surface area (TPSA) is 115 Å². The van der Waals surface area contributed by atoms with E-state index in [2.05, 4.69) is 15.1 Å². The molecule has 5 aromatic rings. The summed E-state index contributed by atoms with van der Waals surface area (Å²) in [6, 6.07) is 6.02. The largest absolute Gasteiger partial charge is 0.402 e. The third-order valence-electron chi connectivity index (χ3n) is 4.95. The Bertz CT molecular complexity index is 1520. The first-order valence-corrected chi connectivity index (χ1v) is 10.9. The highest BCUT2D eigenvalue weighted by atomic mass is 32.1. The molecule has 0 aliphatic carbocycles. The molecule has 0 spiro atoms. The van der Waals surface area contributed by atoms with Crippen molar-refractivity contribution in [3.63, 3.8) is 0 Å². The zero-order valence-corrected chi connectivity index (χ0v) is 17.6. The number of fused-ring (bicyclic) bond motifs is 4. The first-order valence-electron chi connectivity index (χ1n) is 9.16. The van der Waals surface area contributed by atoms with Crippen molar-refractivity contribution in [3.05, 3.63) is 62.6 Å². The number of rotatable bonds is 5. The van der Waals surface area contributed by atoms with Gasteiger partial charge in [-0.15, -0.1) is 22.7 Å². The molecule has 0 aliphatic heterocycles. The molecule has 0 atom stereocenters. The maximum Gasteiger partial charge on any atom is 0.291 e. The van der Waals surface area contributed by atoms with Gasteiger partial charge >= 0.3 is 0 Å². The van der Waals surface area contributed by atoms with Crippen molar-refractivity contribution in [2.24, 2.45) is 12.8 Å². The van der Waals surface area contributed by atoms with E-state index in [0.717, 1.165) is 42.7 Å². The van der Waals surface area contributed by atoms with E-state index >= 15 is 0 Å². The lowest BCUT2D eigenvalue weighted by Crippen LogP contribution is -2.24. The van der Waals surface area contributed by atoms with Gasteiger partial charge in [0.1, 0.15) is 10.5 Å². The number of aromatic nitrogens is 5. The minimum Gasteiger partial charge on any atom is -0.402 e. The fourth-order valence-electron chi connectivity index (χ4n) is 3.54. The molecule has 0 bridgehead atoms. The summed E-state index contributed by atoms with van der Waals surface area (Å²) in [5.74, 6) is 0. The Morgan fingerprint density at radius 1 is 1.37 bits per heavy atom. The van der Waals surface area contributed by atoms with Crippen molar-refractivity contribution in [2.75, 3.05) is 0 Å². The Labute approximate surface area is 178 Å². The van der Waals surface area contributed by atoms with Gasteiger partial charge < -0.3 is 15.7 Å². The maximum absolute atomic E-state index is 13.2. The molecule has 0 amide bonds. The first-order chi connectivity index (χ1) is 14.5. The van der Waals surface area contributed by atoms with Gasteiger partial charge in [-0.2, -0.15) is 5.10 Å². The maximum atomic E-state index is 13.2. The van der Waals surface area contributed by atoms with Crippen LogP contribution in [0.15, 0.2) is 46.5 Å². The minimum absolute atomic E-state index is 0.150. The third kappa shape index (κ3) is 3.01. The molecule has 150 valence electrons. The van der Waals surface area contributed by atoms with Crippen LogP contribution in [0.1, 0.15) is 10.6 Å². The van der Waals surface area contributed by atoms with Crippen molar-refractivity contribution in [3.8, 4) is 0 Å². The Kier molecular flexibility index (Phi) is 4.44. The van der Waals surface area contributed by atoms with Crippen LogP contribution in [0.4, 0.5) is 0 Å². The predicted octanol–water partition coefficient (Wildman–Crippen LogP) is 3.04. The van der Waals surface area contributed by atoms with E-state index in [1.165, 1.54) is 16.0 Å². The van der Waals surface area contributed by atoms with Crippen molar-refractivity contribution < 1.29 is 0 Å². The van der Waals surface area contributed by atoms with Gasteiger partial charge in [0.25, 0.3) is 5.56 Å². The summed E-state index contributed by atoms with van der Waals surface area (Å²) in [5, 5.41) is 13.2. The second-order valence-corrected chi connectivity index (χ2v) is 8.90. The molecule has 4 heterocycles. The van der Waals surface area contributed by atoms with Crippen molar-refractivity contribution in [2.45, 2.75) is 13.0 Å². The van der Waals surface area contributed by atoms with Crippen LogP contribution < -0.4 is 11.3 Å². The van der Waals surface area contributed by atoms with Crippen LogP contribution in [0, 0.1) is 5.41 Å². The van der Waals surface area contributed by atoms with Gasteiger partial charge in [-0.05, 0) is 23.8 Å². The summed E-state index contributed by atoms with van der Waals surface area (Å²) in [6.45, 7) is 0.380. The van der Waals surface area contributed by atoms with E-state index < -0.39 is 0 Å². The number of nitrogens with two attached hydrogens (primary N) is 1. The minimum atomic E-state index is -0.150. The number of nitrogens with zero attached hydrogens (tertiary/aromatic N) is 5. The number of benzene rings is 1. The summed E-state index contributed by atoms with van der Waals surface area (Å²) in [4.78, 5) is 22.2. The van der Waals surface area contributed by atoms with Crippen LogP contribution >= 0.6 is 22.7 Å². The molecule has 1 aromatic carbocycles. The van der Waals surface area contributed by atoms with Gasteiger partial charge in [0.15, 0.2) is 5.65 Å². The number of aryl methyl sites for hydroxylation is 1. The predicted molar refractivity (Wildman–Crippen MR) is 122 cm³/mol. The standard InChI is InChI=1S/C20H17N7OS2/c1-26-17-13(18-19(26)25-16(30-18)7-12(22)4-5-21)8-24-27(20(17)28)9-11-2-3-15-14(6-11)23-10-29-15/h2-6,8,10,21H,7,9,22H2,1H3. The van der Waals surface area contributed by atoms with E-state index in [-0.39, 0.29) is 5.56 Å². The van der Waals surface area contributed by atoms with Crippen LogP contribution in [-0.2, 0) is 20.0 Å². The van der Waals surface area contributed by atoms with Gasteiger partial charge in [-0.1, -0.05) is 6.07 Å². The SMILES string of the molecule is Cn1c2nc(CC(N)=CC=N)sc2c2cnn(Cc3ccc4scnc4c3)c(=O)c21. The molecule has 3 N–H and O–H groups in total. The molecule has 0 saturated heterocycles. The Morgan fingerprint density at radius 3 is 3.07 bits per heavy atom. The molecule has 10 heteroatoms. The smallest absolute Gasteiger partial charge is 0.291 e. The lowest BCUT2D eigenvalue weighted by atomic mass is 10.2. The highest BCUT2D eigenvalue weighted by molar-refractivity contribution is 7.19. The zero-order chi connectivity index (χ0) is 20.8. The molecule has 4 aromatic heterocycles. The van der Waals surface area contributed by atoms with Gasteiger partial charge in [0.05, 0.1) is 33.2 Å². The molecular weight excluding hydrogens is 418 g/mol. The molecule has 8 nitrogen and oxygen atoms in total. The molecule has 30 heavy (non-hydrogen) atoms. The van der Waals surface area contributed by atoms with Gasteiger partial charge in [0.2, 0.25) is 0 Å². The molecule has 0 aliphatic rings. The summed E-state index contributed by atoms with van der Waals surface area (Å²) >= 11 is 3.09. The van der Waals surface area contributed by atoms with Crippen molar-refractivity contribution in [1.82, 2.24) is 24.3 Å².